The highest BCUT2D eigenvalue weighted by atomic mass is 16.2. The molecule has 1 aromatic rings. The van der Waals surface area contributed by atoms with E-state index in [0.29, 0.717) is 18.0 Å². The summed E-state index contributed by atoms with van der Waals surface area (Å²) in [7, 11) is 0. The van der Waals surface area contributed by atoms with Crippen LogP contribution in [0.3, 0.4) is 0 Å². The van der Waals surface area contributed by atoms with Crippen LogP contribution in [-0.2, 0) is 9.59 Å². The Kier molecular flexibility index (Phi) is 4.23. The van der Waals surface area contributed by atoms with Crippen molar-refractivity contribution in [3.05, 3.63) is 41.1 Å². The van der Waals surface area contributed by atoms with Crippen molar-refractivity contribution in [1.82, 2.24) is 10.6 Å². The van der Waals surface area contributed by atoms with Gasteiger partial charge in [0.25, 0.3) is 5.91 Å². The van der Waals surface area contributed by atoms with Crippen molar-refractivity contribution in [2.24, 2.45) is 5.92 Å². The number of nitrogens with one attached hydrogen (secondary N) is 2. The number of benzene rings is 1. The lowest BCUT2D eigenvalue weighted by Crippen LogP contribution is -2.55. The molecular weight excluding hydrogens is 252 g/mol. The minimum Gasteiger partial charge on any atom is -0.339 e. The van der Waals surface area contributed by atoms with Crippen LogP contribution in [0.1, 0.15) is 31.4 Å². The Labute approximate surface area is 119 Å². The highest BCUT2D eigenvalue weighted by Gasteiger charge is 2.29. The first kappa shape index (κ1) is 14.3. The van der Waals surface area contributed by atoms with Gasteiger partial charge in [-0.2, -0.15) is 0 Å². The summed E-state index contributed by atoms with van der Waals surface area (Å²) in [5.74, 6) is -0.0117. The van der Waals surface area contributed by atoms with E-state index in [2.05, 4.69) is 10.6 Å². The number of carbonyl (C=O) groups is 2. The number of amides is 2. The molecule has 0 radical (unpaired) electrons. The summed E-state index contributed by atoms with van der Waals surface area (Å²) in [4.78, 5) is 24.0. The van der Waals surface area contributed by atoms with Crippen LogP contribution in [0, 0.1) is 12.8 Å². The van der Waals surface area contributed by atoms with Gasteiger partial charge in [0, 0.05) is 0 Å². The molecule has 0 unspecified atom stereocenters. The highest BCUT2D eigenvalue weighted by molar-refractivity contribution is 6.07. The van der Waals surface area contributed by atoms with E-state index in [-0.39, 0.29) is 11.8 Å². The molecule has 4 heteroatoms. The normalized spacial score (nSPS) is 21.0. The Hall–Kier alpha value is -2.10. The van der Waals surface area contributed by atoms with Crippen LogP contribution in [0.25, 0.3) is 6.08 Å². The van der Waals surface area contributed by atoms with Crippen LogP contribution in [0.15, 0.2) is 30.0 Å². The fourth-order valence-corrected chi connectivity index (χ4v) is 2.24. The maximum absolute atomic E-state index is 12.0. The van der Waals surface area contributed by atoms with Crippen LogP contribution >= 0.6 is 0 Å². The predicted octanol–water partition coefficient (Wildman–Crippen LogP) is 2.00. The van der Waals surface area contributed by atoms with Crippen molar-refractivity contribution in [2.45, 2.75) is 33.2 Å². The monoisotopic (exact) mass is 272 g/mol. The first-order valence-corrected chi connectivity index (χ1v) is 6.86. The van der Waals surface area contributed by atoms with Gasteiger partial charge in [0.2, 0.25) is 5.91 Å². The first-order chi connectivity index (χ1) is 9.45. The minimum absolute atomic E-state index is 0.141. The standard InChI is InChI=1S/C16H20N2O2/c1-10(2)7-13-15(19)18-14(16(20)17-13)9-12-6-4-5-11(3)8-12/h4-6,8-10,13H,7H2,1-3H3,(H,17,20)(H,18,19)/b14-9+/t13-/m0/s1. The third-order valence-corrected chi connectivity index (χ3v) is 3.18. The van der Waals surface area contributed by atoms with Gasteiger partial charge in [-0.25, -0.2) is 0 Å². The molecule has 0 spiro atoms. The van der Waals surface area contributed by atoms with Gasteiger partial charge in [-0.1, -0.05) is 43.7 Å². The quantitative estimate of drug-likeness (QED) is 0.827. The average Bonchev–Trinajstić information content (AvgIpc) is 2.35. The summed E-state index contributed by atoms with van der Waals surface area (Å²) >= 11 is 0. The van der Waals surface area contributed by atoms with Crippen molar-refractivity contribution in [3.8, 4) is 0 Å². The van der Waals surface area contributed by atoms with Crippen LogP contribution in [0.5, 0.6) is 0 Å². The molecule has 0 bridgehead atoms. The first-order valence-electron chi connectivity index (χ1n) is 6.86. The third-order valence-electron chi connectivity index (χ3n) is 3.18. The van der Waals surface area contributed by atoms with E-state index in [4.69, 9.17) is 0 Å². The van der Waals surface area contributed by atoms with Gasteiger partial charge >= 0.3 is 0 Å². The van der Waals surface area contributed by atoms with Gasteiger partial charge in [0.1, 0.15) is 11.7 Å². The Morgan fingerprint density at radius 1 is 1.30 bits per heavy atom. The summed E-state index contributed by atoms with van der Waals surface area (Å²) in [6.07, 6.45) is 2.35. The highest BCUT2D eigenvalue weighted by Crippen LogP contribution is 2.13. The van der Waals surface area contributed by atoms with Crippen LogP contribution in [-0.4, -0.2) is 17.9 Å². The molecule has 1 fully saturated rings. The SMILES string of the molecule is Cc1cccc(/C=C2/NC(=O)[C@H](CC(C)C)NC2=O)c1. The molecule has 0 aliphatic carbocycles. The maximum Gasteiger partial charge on any atom is 0.268 e. The number of rotatable bonds is 3. The summed E-state index contributed by atoms with van der Waals surface area (Å²) in [6.45, 7) is 6.04. The van der Waals surface area contributed by atoms with E-state index in [9.17, 15) is 9.59 Å². The molecule has 1 saturated heterocycles. The fourth-order valence-electron chi connectivity index (χ4n) is 2.24. The van der Waals surface area contributed by atoms with Gasteiger partial charge in [0.15, 0.2) is 0 Å². The lowest BCUT2D eigenvalue weighted by molar-refractivity contribution is -0.131. The summed E-state index contributed by atoms with van der Waals surface area (Å²) < 4.78 is 0. The molecule has 106 valence electrons. The topological polar surface area (TPSA) is 58.2 Å². The zero-order chi connectivity index (χ0) is 14.7. The Bertz CT molecular complexity index is 561. The number of hydrogen-bond donors (Lipinski definition) is 2. The van der Waals surface area contributed by atoms with E-state index >= 15 is 0 Å². The lowest BCUT2D eigenvalue weighted by atomic mass is 10.0. The average molecular weight is 272 g/mol. The molecule has 1 atom stereocenters. The molecule has 0 saturated carbocycles. The number of piperazine rings is 1. The summed E-state index contributed by atoms with van der Waals surface area (Å²) in [6, 6.07) is 7.34. The van der Waals surface area contributed by atoms with Crippen molar-refractivity contribution < 1.29 is 9.59 Å². The van der Waals surface area contributed by atoms with Gasteiger partial charge in [-0.3, -0.25) is 9.59 Å². The smallest absolute Gasteiger partial charge is 0.268 e. The number of aryl methyl sites for hydroxylation is 1. The van der Waals surface area contributed by atoms with Crippen molar-refractivity contribution >= 4 is 17.9 Å². The van der Waals surface area contributed by atoms with Crippen LogP contribution < -0.4 is 10.6 Å². The zero-order valence-electron chi connectivity index (χ0n) is 12.1. The molecule has 1 aromatic carbocycles. The Balaban J connectivity index is 2.16. The molecule has 2 amide bonds. The summed E-state index contributed by atoms with van der Waals surface area (Å²) in [5, 5.41) is 5.46. The molecule has 0 aromatic heterocycles. The largest absolute Gasteiger partial charge is 0.339 e. The van der Waals surface area contributed by atoms with Gasteiger partial charge in [0.05, 0.1) is 0 Å². The van der Waals surface area contributed by atoms with Crippen molar-refractivity contribution in [1.29, 1.82) is 0 Å². The molecule has 1 heterocycles. The molecular formula is C16H20N2O2. The maximum atomic E-state index is 12.0. The van der Waals surface area contributed by atoms with E-state index < -0.39 is 6.04 Å². The minimum atomic E-state index is -0.433. The van der Waals surface area contributed by atoms with Crippen LogP contribution in [0.4, 0.5) is 0 Å². The second-order valence-corrected chi connectivity index (χ2v) is 5.62. The van der Waals surface area contributed by atoms with E-state index in [1.165, 1.54) is 0 Å². The molecule has 2 rings (SSSR count). The zero-order valence-corrected chi connectivity index (χ0v) is 12.1. The lowest BCUT2D eigenvalue weighted by Gasteiger charge is -2.26. The van der Waals surface area contributed by atoms with E-state index in [1.807, 2.05) is 45.0 Å². The van der Waals surface area contributed by atoms with Crippen molar-refractivity contribution in [3.63, 3.8) is 0 Å². The fraction of sp³-hybridized carbons (Fsp3) is 0.375. The molecule has 20 heavy (non-hydrogen) atoms. The number of hydrogen-bond acceptors (Lipinski definition) is 2. The second kappa shape index (κ2) is 5.90. The second-order valence-electron chi connectivity index (χ2n) is 5.62. The van der Waals surface area contributed by atoms with Gasteiger partial charge < -0.3 is 10.6 Å². The molecule has 1 aliphatic heterocycles. The molecule has 2 N–H and O–H groups in total. The Morgan fingerprint density at radius 3 is 2.70 bits per heavy atom. The van der Waals surface area contributed by atoms with Gasteiger partial charge in [-0.05, 0) is 30.9 Å². The van der Waals surface area contributed by atoms with Crippen LogP contribution in [0.2, 0.25) is 0 Å². The third kappa shape index (κ3) is 3.47. The number of carbonyl (C=O) groups excluding carboxylic acids is 2. The van der Waals surface area contributed by atoms with E-state index in [0.717, 1.165) is 11.1 Å². The Morgan fingerprint density at radius 2 is 2.05 bits per heavy atom. The summed E-state index contributed by atoms with van der Waals surface area (Å²) in [5.41, 5.74) is 2.32. The van der Waals surface area contributed by atoms with E-state index in [1.54, 1.807) is 6.08 Å². The molecule has 1 aliphatic rings. The van der Waals surface area contributed by atoms with Gasteiger partial charge in [-0.15, -0.1) is 0 Å². The molecule has 4 nitrogen and oxygen atoms in total. The predicted molar refractivity (Wildman–Crippen MR) is 78.7 cm³/mol. The van der Waals surface area contributed by atoms with Crippen molar-refractivity contribution in [2.75, 3.05) is 0 Å².